The molecule has 2 aromatic rings. The molecule has 22 heavy (non-hydrogen) atoms. The number of carbonyl (C=O) groups excluding carboxylic acids is 2. The number of nitrogens with one attached hydrogen (secondary N) is 1. The molecule has 0 radical (unpaired) electrons. The average Bonchev–Trinajstić information content (AvgIpc) is 2.73. The standard InChI is InChI=1S/C17H16N2O3/c1-10-7-11(2)15-12(8-10)17(22,16(21)19-15)9-14(20)13-5-3-4-6-18-13/h3-8,22H,9H2,1-2H3,(H,19,21)/t17-/m0/s1. The van der Waals surface area contributed by atoms with E-state index in [0.29, 0.717) is 11.3 Å². The number of aryl methyl sites for hydroxylation is 2. The van der Waals surface area contributed by atoms with E-state index in [0.717, 1.165) is 11.1 Å². The van der Waals surface area contributed by atoms with Gasteiger partial charge in [0.05, 0.1) is 12.1 Å². The lowest BCUT2D eigenvalue weighted by Crippen LogP contribution is -2.36. The third-order valence-corrected chi connectivity index (χ3v) is 3.91. The van der Waals surface area contributed by atoms with Gasteiger partial charge >= 0.3 is 0 Å². The Labute approximate surface area is 128 Å². The molecule has 2 N–H and O–H groups in total. The SMILES string of the molecule is Cc1cc(C)c2c(c1)[C@@](O)(CC(=O)c1ccccn1)C(=O)N2. The minimum Gasteiger partial charge on any atom is -0.375 e. The van der Waals surface area contributed by atoms with Crippen molar-refractivity contribution in [3.05, 3.63) is 58.9 Å². The molecule has 0 fully saturated rings. The summed E-state index contributed by atoms with van der Waals surface area (Å²) >= 11 is 0. The van der Waals surface area contributed by atoms with E-state index >= 15 is 0 Å². The summed E-state index contributed by atoms with van der Waals surface area (Å²) < 4.78 is 0. The molecule has 5 heteroatoms. The minimum absolute atomic E-state index is 0.238. The van der Waals surface area contributed by atoms with Crippen LogP contribution in [0.3, 0.4) is 0 Å². The molecule has 0 saturated carbocycles. The molecule has 3 rings (SSSR count). The highest BCUT2D eigenvalue weighted by Gasteiger charge is 2.47. The van der Waals surface area contributed by atoms with Crippen LogP contribution in [0.4, 0.5) is 5.69 Å². The molecule has 0 bridgehead atoms. The molecule has 0 aliphatic carbocycles. The largest absolute Gasteiger partial charge is 0.375 e. The highest BCUT2D eigenvalue weighted by Crippen LogP contribution is 2.41. The zero-order valence-corrected chi connectivity index (χ0v) is 12.4. The van der Waals surface area contributed by atoms with Crippen LogP contribution in [0.5, 0.6) is 0 Å². The molecule has 0 saturated heterocycles. The van der Waals surface area contributed by atoms with Gasteiger partial charge in [-0.3, -0.25) is 14.6 Å². The maximum absolute atomic E-state index is 12.3. The van der Waals surface area contributed by atoms with E-state index < -0.39 is 11.5 Å². The first-order chi connectivity index (χ1) is 10.4. The topological polar surface area (TPSA) is 79.3 Å². The molecule has 0 unspecified atom stereocenters. The number of nitrogens with zero attached hydrogens (tertiary/aromatic N) is 1. The number of carbonyl (C=O) groups is 2. The molecule has 1 atom stereocenters. The number of anilines is 1. The first-order valence-electron chi connectivity index (χ1n) is 7.01. The predicted molar refractivity (Wildman–Crippen MR) is 81.6 cm³/mol. The van der Waals surface area contributed by atoms with Crippen molar-refractivity contribution in [2.24, 2.45) is 0 Å². The van der Waals surface area contributed by atoms with Gasteiger partial charge in [0.25, 0.3) is 5.91 Å². The van der Waals surface area contributed by atoms with Crippen molar-refractivity contribution in [2.45, 2.75) is 25.9 Å². The second-order valence-electron chi connectivity index (χ2n) is 5.63. The van der Waals surface area contributed by atoms with Gasteiger partial charge in [-0.1, -0.05) is 23.8 Å². The van der Waals surface area contributed by atoms with Crippen LogP contribution < -0.4 is 5.32 Å². The van der Waals surface area contributed by atoms with Crippen LogP contribution in [0.15, 0.2) is 36.5 Å². The molecule has 0 spiro atoms. The zero-order valence-electron chi connectivity index (χ0n) is 12.4. The third-order valence-electron chi connectivity index (χ3n) is 3.91. The Balaban J connectivity index is 2.01. The van der Waals surface area contributed by atoms with Gasteiger partial charge in [-0.25, -0.2) is 0 Å². The first-order valence-corrected chi connectivity index (χ1v) is 7.01. The van der Waals surface area contributed by atoms with Gasteiger partial charge in [0.15, 0.2) is 11.4 Å². The van der Waals surface area contributed by atoms with Crippen molar-refractivity contribution in [2.75, 3.05) is 5.32 Å². The number of aromatic nitrogens is 1. The summed E-state index contributed by atoms with van der Waals surface area (Å²) in [5.74, 6) is -0.939. The number of hydrogen-bond acceptors (Lipinski definition) is 4. The Bertz CT molecular complexity index is 771. The number of hydrogen-bond donors (Lipinski definition) is 2. The maximum Gasteiger partial charge on any atom is 0.261 e. The highest BCUT2D eigenvalue weighted by atomic mass is 16.3. The van der Waals surface area contributed by atoms with Crippen molar-refractivity contribution in [1.29, 1.82) is 0 Å². The Kier molecular flexibility index (Phi) is 3.30. The summed E-state index contributed by atoms with van der Waals surface area (Å²) in [4.78, 5) is 28.6. The Morgan fingerprint density at radius 2 is 2.09 bits per heavy atom. The maximum atomic E-state index is 12.3. The van der Waals surface area contributed by atoms with E-state index in [2.05, 4.69) is 10.3 Å². The van der Waals surface area contributed by atoms with Crippen LogP contribution in [0.2, 0.25) is 0 Å². The second kappa shape index (κ2) is 5.03. The molecule has 1 amide bonds. The Hall–Kier alpha value is -2.53. The lowest BCUT2D eigenvalue weighted by Gasteiger charge is -2.20. The fraction of sp³-hybridized carbons (Fsp3) is 0.235. The zero-order chi connectivity index (χ0) is 15.9. The van der Waals surface area contributed by atoms with Crippen LogP contribution in [-0.4, -0.2) is 21.8 Å². The molecular formula is C17H16N2O3. The number of fused-ring (bicyclic) bond motifs is 1. The van der Waals surface area contributed by atoms with E-state index in [-0.39, 0.29) is 17.9 Å². The number of Topliss-reactive ketones (excluding diaryl/α,β-unsaturated/α-hetero) is 1. The van der Waals surface area contributed by atoms with E-state index in [1.807, 2.05) is 19.9 Å². The molecule has 5 nitrogen and oxygen atoms in total. The summed E-state index contributed by atoms with van der Waals surface area (Å²) in [7, 11) is 0. The quantitative estimate of drug-likeness (QED) is 0.850. The molecule has 1 aromatic carbocycles. The van der Waals surface area contributed by atoms with Crippen molar-refractivity contribution in [3.63, 3.8) is 0 Å². The third kappa shape index (κ3) is 2.19. The molecular weight excluding hydrogens is 280 g/mol. The van der Waals surface area contributed by atoms with Crippen molar-refractivity contribution in [1.82, 2.24) is 4.98 Å². The van der Waals surface area contributed by atoms with Crippen molar-refractivity contribution < 1.29 is 14.7 Å². The molecule has 1 aliphatic rings. The van der Waals surface area contributed by atoms with Gasteiger partial charge in [-0.05, 0) is 31.5 Å². The Morgan fingerprint density at radius 3 is 2.77 bits per heavy atom. The van der Waals surface area contributed by atoms with Crippen LogP contribution in [0, 0.1) is 13.8 Å². The van der Waals surface area contributed by atoms with Crippen LogP contribution in [0.25, 0.3) is 0 Å². The molecule has 1 aromatic heterocycles. The van der Waals surface area contributed by atoms with Crippen LogP contribution in [0.1, 0.15) is 33.6 Å². The number of amides is 1. The summed E-state index contributed by atoms with van der Waals surface area (Å²) in [5.41, 5.74) is 1.23. The number of pyridine rings is 1. The summed E-state index contributed by atoms with van der Waals surface area (Å²) in [6.45, 7) is 3.75. The van der Waals surface area contributed by atoms with Gasteiger partial charge in [-0.2, -0.15) is 0 Å². The van der Waals surface area contributed by atoms with Gasteiger partial charge in [0.2, 0.25) is 0 Å². The Morgan fingerprint density at radius 1 is 1.32 bits per heavy atom. The van der Waals surface area contributed by atoms with Crippen LogP contribution in [-0.2, 0) is 10.4 Å². The fourth-order valence-corrected chi connectivity index (χ4v) is 2.83. The summed E-state index contributed by atoms with van der Waals surface area (Å²) in [5, 5.41) is 13.5. The van der Waals surface area contributed by atoms with Crippen molar-refractivity contribution >= 4 is 17.4 Å². The van der Waals surface area contributed by atoms with Gasteiger partial charge in [0, 0.05) is 11.8 Å². The van der Waals surface area contributed by atoms with Crippen molar-refractivity contribution in [3.8, 4) is 0 Å². The number of aliphatic hydroxyl groups is 1. The fourth-order valence-electron chi connectivity index (χ4n) is 2.83. The predicted octanol–water partition coefficient (Wildman–Crippen LogP) is 2.11. The average molecular weight is 296 g/mol. The van der Waals surface area contributed by atoms with Gasteiger partial charge in [-0.15, -0.1) is 0 Å². The van der Waals surface area contributed by atoms with Gasteiger partial charge < -0.3 is 10.4 Å². The summed E-state index contributed by atoms with van der Waals surface area (Å²) in [6.07, 6.45) is 1.18. The smallest absolute Gasteiger partial charge is 0.261 e. The van der Waals surface area contributed by atoms with E-state index in [4.69, 9.17) is 0 Å². The second-order valence-corrected chi connectivity index (χ2v) is 5.63. The van der Waals surface area contributed by atoms with E-state index in [9.17, 15) is 14.7 Å². The normalized spacial score (nSPS) is 19.7. The number of rotatable bonds is 3. The first kappa shape index (κ1) is 14.4. The summed E-state index contributed by atoms with van der Waals surface area (Å²) in [6, 6.07) is 8.63. The lowest BCUT2D eigenvalue weighted by molar-refractivity contribution is -0.133. The monoisotopic (exact) mass is 296 g/mol. The van der Waals surface area contributed by atoms with Crippen LogP contribution >= 0.6 is 0 Å². The number of benzene rings is 1. The lowest BCUT2D eigenvalue weighted by atomic mass is 9.87. The minimum atomic E-state index is -1.85. The van der Waals surface area contributed by atoms with E-state index in [1.165, 1.54) is 6.20 Å². The highest BCUT2D eigenvalue weighted by molar-refractivity contribution is 6.09. The van der Waals surface area contributed by atoms with E-state index in [1.54, 1.807) is 24.3 Å². The molecule has 2 heterocycles. The number of ketones is 1. The van der Waals surface area contributed by atoms with Gasteiger partial charge in [0.1, 0.15) is 5.69 Å². The molecule has 112 valence electrons. The molecule has 1 aliphatic heterocycles.